The Morgan fingerprint density at radius 1 is 1.28 bits per heavy atom. The number of rotatable bonds is 8. The average Bonchev–Trinajstić information content (AvgIpc) is 3.22. The van der Waals surface area contributed by atoms with Crippen molar-refractivity contribution in [1.29, 1.82) is 0 Å². The number of hydrogen-bond donors (Lipinski definition) is 1. The first-order valence-corrected chi connectivity index (χ1v) is 6.81. The van der Waals surface area contributed by atoms with Crippen LogP contribution in [-0.4, -0.2) is 20.4 Å². The highest BCUT2D eigenvalue weighted by molar-refractivity contribution is 5.29. The van der Waals surface area contributed by atoms with E-state index in [2.05, 4.69) is 24.4 Å². The van der Waals surface area contributed by atoms with Gasteiger partial charge in [-0.3, -0.25) is 0 Å². The van der Waals surface area contributed by atoms with E-state index >= 15 is 0 Å². The van der Waals surface area contributed by atoms with Gasteiger partial charge in [-0.25, -0.2) is 0 Å². The summed E-state index contributed by atoms with van der Waals surface area (Å²) in [6.45, 7) is 3.38. The van der Waals surface area contributed by atoms with Crippen LogP contribution in [0.4, 0.5) is 0 Å². The lowest BCUT2D eigenvalue weighted by Gasteiger charge is -2.14. The Balaban J connectivity index is 1.75. The van der Waals surface area contributed by atoms with Crippen LogP contribution in [-0.2, 0) is 4.74 Å². The van der Waals surface area contributed by atoms with Crippen molar-refractivity contribution in [3.05, 3.63) is 29.8 Å². The second-order valence-electron chi connectivity index (χ2n) is 4.89. The predicted octanol–water partition coefficient (Wildman–Crippen LogP) is 3.12. The summed E-state index contributed by atoms with van der Waals surface area (Å²) in [7, 11) is 1.99. The molecule has 1 saturated carbocycles. The van der Waals surface area contributed by atoms with E-state index in [1.165, 1.54) is 18.4 Å². The smallest absolute Gasteiger partial charge is 0.189 e. The van der Waals surface area contributed by atoms with Gasteiger partial charge in [0, 0.05) is 6.04 Å². The van der Waals surface area contributed by atoms with E-state index in [-0.39, 0.29) is 0 Å². The summed E-state index contributed by atoms with van der Waals surface area (Å²) in [5, 5.41) is 3.29. The van der Waals surface area contributed by atoms with E-state index in [4.69, 9.17) is 9.47 Å². The van der Waals surface area contributed by atoms with Crippen molar-refractivity contribution >= 4 is 0 Å². The maximum atomic E-state index is 5.54. The normalized spacial score (nSPS) is 16.6. The largest absolute Gasteiger partial charge is 0.468 e. The van der Waals surface area contributed by atoms with Gasteiger partial charge in [-0.2, -0.15) is 0 Å². The highest BCUT2D eigenvalue weighted by Gasteiger charge is 2.21. The number of nitrogens with one attached hydrogen (secondary N) is 1. The van der Waals surface area contributed by atoms with E-state index in [1.807, 2.05) is 19.2 Å². The first-order chi connectivity index (χ1) is 8.83. The molecule has 0 radical (unpaired) electrons. The molecule has 0 spiro atoms. The topological polar surface area (TPSA) is 30.5 Å². The summed E-state index contributed by atoms with van der Waals surface area (Å²) in [5.41, 5.74) is 1.30. The van der Waals surface area contributed by atoms with Crippen molar-refractivity contribution in [2.45, 2.75) is 32.2 Å². The SMILES string of the molecule is CCC(NC)c1ccc(OCOCC2CC2)cc1. The van der Waals surface area contributed by atoms with Crippen LogP contribution in [0.3, 0.4) is 0 Å². The molecule has 0 aliphatic heterocycles. The van der Waals surface area contributed by atoms with E-state index in [9.17, 15) is 0 Å². The molecule has 0 saturated heterocycles. The molecule has 1 aliphatic carbocycles. The fourth-order valence-corrected chi connectivity index (χ4v) is 2.01. The van der Waals surface area contributed by atoms with Crippen LogP contribution in [0.5, 0.6) is 5.75 Å². The molecule has 0 amide bonds. The summed E-state index contributed by atoms with van der Waals surface area (Å²) < 4.78 is 11.0. The maximum absolute atomic E-state index is 5.54. The zero-order valence-corrected chi connectivity index (χ0v) is 11.3. The van der Waals surface area contributed by atoms with Crippen molar-refractivity contribution < 1.29 is 9.47 Å². The molecule has 1 N–H and O–H groups in total. The summed E-state index contributed by atoms with van der Waals surface area (Å²) in [4.78, 5) is 0. The molecular weight excluding hydrogens is 226 g/mol. The lowest BCUT2D eigenvalue weighted by molar-refractivity contribution is 0.00997. The van der Waals surface area contributed by atoms with Crippen LogP contribution >= 0.6 is 0 Å². The van der Waals surface area contributed by atoms with Crippen LogP contribution in [0.2, 0.25) is 0 Å². The molecule has 1 atom stereocenters. The van der Waals surface area contributed by atoms with Gasteiger partial charge >= 0.3 is 0 Å². The van der Waals surface area contributed by atoms with Crippen molar-refractivity contribution in [2.75, 3.05) is 20.4 Å². The molecule has 1 unspecified atom stereocenters. The van der Waals surface area contributed by atoms with Crippen molar-refractivity contribution in [2.24, 2.45) is 5.92 Å². The minimum Gasteiger partial charge on any atom is -0.468 e. The highest BCUT2D eigenvalue weighted by Crippen LogP contribution is 2.28. The van der Waals surface area contributed by atoms with Crippen molar-refractivity contribution in [3.8, 4) is 5.75 Å². The number of benzene rings is 1. The van der Waals surface area contributed by atoms with Gasteiger partial charge in [0.05, 0.1) is 6.61 Å². The Morgan fingerprint density at radius 2 is 2.00 bits per heavy atom. The zero-order valence-electron chi connectivity index (χ0n) is 11.3. The zero-order chi connectivity index (χ0) is 12.8. The van der Waals surface area contributed by atoms with Gasteiger partial charge in [-0.15, -0.1) is 0 Å². The third-order valence-electron chi connectivity index (χ3n) is 3.40. The molecule has 1 fully saturated rings. The quantitative estimate of drug-likeness (QED) is 0.567. The molecular formula is C15H23NO2. The summed E-state index contributed by atoms with van der Waals surface area (Å²) in [6.07, 6.45) is 3.72. The lowest BCUT2D eigenvalue weighted by Crippen LogP contribution is -2.15. The summed E-state index contributed by atoms with van der Waals surface area (Å²) in [5.74, 6) is 1.66. The van der Waals surface area contributed by atoms with Gasteiger partial charge in [0.1, 0.15) is 5.75 Å². The molecule has 100 valence electrons. The lowest BCUT2D eigenvalue weighted by atomic mass is 10.1. The minimum atomic E-state index is 0.360. The third-order valence-corrected chi connectivity index (χ3v) is 3.40. The molecule has 3 nitrogen and oxygen atoms in total. The second-order valence-corrected chi connectivity index (χ2v) is 4.89. The standard InChI is InChI=1S/C15H23NO2/c1-3-15(16-2)13-6-8-14(9-7-13)18-11-17-10-12-4-5-12/h6-9,12,15-16H,3-5,10-11H2,1-2H3. The van der Waals surface area contributed by atoms with Gasteiger partial charge in [0.2, 0.25) is 0 Å². The Morgan fingerprint density at radius 3 is 2.56 bits per heavy atom. The van der Waals surface area contributed by atoms with Gasteiger partial charge in [0.25, 0.3) is 0 Å². The highest BCUT2D eigenvalue weighted by atomic mass is 16.7. The Labute approximate surface area is 109 Å². The van der Waals surface area contributed by atoms with Gasteiger partial charge < -0.3 is 14.8 Å². The van der Waals surface area contributed by atoms with E-state index in [0.29, 0.717) is 12.8 Å². The maximum Gasteiger partial charge on any atom is 0.189 e. The van der Waals surface area contributed by atoms with Crippen LogP contribution in [0.25, 0.3) is 0 Å². The molecule has 18 heavy (non-hydrogen) atoms. The van der Waals surface area contributed by atoms with Crippen molar-refractivity contribution in [1.82, 2.24) is 5.32 Å². The molecule has 1 aromatic rings. The Kier molecular flexibility index (Phi) is 5.02. The van der Waals surface area contributed by atoms with Crippen LogP contribution in [0, 0.1) is 5.92 Å². The predicted molar refractivity (Wildman–Crippen MR) is 72.7 cm³/mol. The fraction of sp³-hybridized carbons (Fsp3) is 0.600. The van der Waals surface area contributed by atoms with E-state index in [0.717, 1.165) is 24.7 Å². The molecule has 1 aliphatic rings. The second kappa shape index (κ2) is 6.76. The first-order valence-electron chi connectivity index (χ1n) is 6.81. The summed E-state index contributed by atoms with van der Waals surface area (Å²) >= 11 is 0. The average molecular weight is 249 g/mol. The monoisotopic (exact) mass is 249 g/mol. The molecule has 1 aromatic carbocycles. The van der Waals surface area contributed by atoms with Crippen LogP contribution < -0.4 is 10.1 Å². The van der Waals surface area contributed by atoms with Crippen LogP contribution in [0.1, 0.15) is 37.8 Å². The molecule has 2 rings (SSSR count). The molecule has 3 heteroatoms. The number of ether oxygens (including phenoxy) is 2. The molecule has 0 aromatic heterocycles. The third kappa shape index (κ3) is 4.00. The van der Waals surface area contributed by atoms with Crippen LogP contribution in [0.15, 0.2) is 24.3 Å². The Bertz CT molecular complexity index is 342. The van der Waals surface area contributed by atoms with Gasteiger partial charge in [-0.05, 0) is 49.9 Å². The molecule has 0 bridgehead atoms. The summed E-state index contributed by atoms with van der Waals surface area (Å²) in [6, 6.07) is 8.66. The fourth-order valence-electron chi connectivity index (χ4n) is 2.01. The van der Waals surface area contributed by atoms with Gasteiger partial charge in [0.15, 0.2) is 6.79 Å². The van der Waals surface area contributed by atoms with Crippen molar-refractivity contribution in [3.63, 3.8) is 0 Å². The van der Waals surface area contributed by atoms with E-state index in [1.54, 1.807) is 0 Å². The van der Waals surface area contributed by atoms with Gasteiger partial charge in [-0.1, -0.05) is 19.1 Å². The molecule has 0 heterocycles. The first kappa shape index (κ1) is 13.4. The number of hydrogen-bond acceptors (Lipinski definition) is 3. The van der Waals surface area contributed by atoms with E-state index < -0.39 is 0 Å². The minimum absolute atomic E-state index is 0.360. The Hall–Kier alpha value is -1.06.